The van der Waals surface area contributed by atoms with Crippen molar-refractivity contribution in [1.29, 1.82) is 0 Å². The Hall–Kier alpha value is 0.260. The summed E-state index contributed by atoms with van der Waals surface area (Å²) in [5.41, 5.74) is 7.22. The van der Waals surface area contributed by atoms with E-state index < -0.39 is 0 Å². The second kappa shape index (κ2) is 6.35. The van der Waals surface area contributed by atoms with Gasteiger partial charge in [0.1, 0.15) is 0 Å². The number of nitrogens with two attached hydrogens (primary N) is 1. The van der Waals surface area contributed by atoms with Crippen LogP contribution in [-0.2, 0) is 0 Å². The molecule has 0 spiro atoms. The molecule has 1 aromatic rings. The van der Waals surface area contributed by atoms with Gasteiger partial charge in [-0.15, -0.1) is 0 Å². The summed E-state index contributed by atoms with van der Waals surface area (Å²) in [6.45, 7) is 7.34. The number of benzene rings is 1. The second-order valence-corrected chi connectivity index (χ2v) is 8.59. The molecule has 1 aliphatic heterocycles. The fourth-order valence-corrected chi connectivity index (χ4v) is 4.39. The maximum Gasteiger partial charge on any atom is 0.0483 e. The van der Waals surface area contributed by atoms with Gasteiger partial charge in [0.15, 0.2) is 0 Å². The third-order valence-corrected chi connectivity index (χ3v) is 5.69. The normalized spacial score (nSPS) is 21.3. The standard InChI is InChI=1S/C14H20BrClN2S/c1-14(2)9-18(5-6-19-14)13(8-17)11-7-10(16)3-4-12(11)15/h3-4,7,13H,5-6,8-9,17H2,1-2H3. The van der Waals surface area contributed by atoms with Gasteiger partial charge in [-0.2, -0.15) is 11.8 Å². The first-order valence-corrected chi connectivity index (χ1v) is 8.61. The Kier molecular flexibility index (Phi) is 5.23. The molecule has 0 radical (unpaired) electrons. The van der Waals surface area contributed by atoms with E-state index in [0.717, 1.165) is 28.3 Å². The summed E-state index contributed by atoms with van der Waals surface area (Å²) >= 11 is 11.8. The Bertz CT molecular complexity index is 453. The molecule has 1 fully saturated rings. The van der Waals surface area contributed by atoms with Gasteiger partial charge in [-0.05, 0) is 37.6 Å². The van der Waals surface area contributed by atoms with E-state index in [1.165, 1.54) is 5.56 Å². The highest BCUT2D eigenvalue weighted by Gasteiger charge is 2.31. The Balaban J connectivity index is 2.26. The van der Waals surface area contributed by atoms with Crippen LogP contribution in [-0.4, -0.2) is 35.0 Å². The molecule has 1 unspecified atom stereocenters. The van der Waals surface area contributed by atoms with Crippen molar-refractivity contribution in [2.45, 2.75) is 24.6 Å². The highest BCUT2D eigenvalue weighted by atomic mass is 79.9. The predicted molar refractivity (Wildman–Crippen MR) is 89.1 cm³/mol. The molecule has 2 nitrogen and oxygen atoms in total. The highest BCUT2D eigenvalue weighted by molar-refractivity contribution is 9.10. The van der Waals surface area contributed by atoms with E-state index in [2.05, 4.69) is 34.7 Å². The smallest absolute Gasteiger partial charge is 0.0483 e. The average molecular weight is 364 g/mol. The van der Waals surface area contributed by atoms with Crippen LogP contribution >= 0.6 is 39.3 Å². The predicted octanol–water partition coefficient (Wildman–Crippen LogP) is 3.93. The molecule has 19 heavy (non-hydrogen) atoms. The van der Waals surface area contributed by atoms with Crippen LogP contribution in [0.3, 0.4) is 0 Å². The Morgan fingerprint density at radius 1 is 1.53 bits per heavy atom. The van der Waals surface area contributed by atoms with E-state index >= 15 is 0 Å². The first-order valence-electron chi connectivity index (χ1n) is 6.46. The molecule has 0 bridgehead atoms. The quantitative estimate of drug-likeness (QED) is 0.882. The van der Waals surface area contributed by atoms with Crippen molar-refractivity contribution in [3.05, 3.63) is 33.3 Å². The molecule has 2 N–H and O–H groups in total. The lowest BCUT2D eigenvalue weighted by Crippen LogP contribution is -2.46. The molecule has 1 atom stereocenters. The molecule has 0 amide bonds. The molecule has 0 aromatic heterocycles. The summed E-state index contributed by atoms with van der Waals surface area (Å²) in [5.74, 6) is 1.15. The van der Waals surface area contributed by atoms with Gasteiger partial charge < -0.3 is 5.73 Å². The van der Waals surface area contributed by atoms with Crippen molar-refractivity contribution in [2.24, 2.45) is 5.73 Å². The summed E-state index contributed by atoms with van der Waals surface area (Å²) in [7, 11) is 0. The van der Waals surface area contributed by atoms with Crippen LogP contribution in [0.15, 0.2) is 22.7 Å². The molecular weight excluding hydrogens is 344 g/mol. The molecule has 106 valence electrons. The van der Waals surface area contributed by atoms with E-state index in [0.29, 0.717) is 6.54 Å². The molecular formula is C14H20BrClN2S. The highest BCUT2D eigenvalue weighted by Crippen LogP contribution is 2.36. The van der Waals surface area contributed by atoms with Gasteiger partial charge in [0.2, 0.25) is 0 Å². The summed E-state index contributed by atoms with van der Waals surface area (Å²) < 4.78 is 1.37. The lowest BCUT2D eigenvalue weighted by atomic mass is 10.0. The van der Waals surface area contributed by atoms with Crippen LogP contribution in [0.1, 0.15) is 25.5 Å². The lowest BCUT2D eigenvalue weighted by molar-refractivity contribution is 0.192. The van der Waals surface area contributed by atoms with Crippen molar-refractivity contribution in [3.63, 3.8) is 0 Å². The fourth-order valence-electron chi connectivity index (χ4n) is 2.56. The number of rotatable bonds is 3. The summed E-state index contributed by atoms with van der Waals surface area (Å²) in [4.78, 5) is 2.48. The van der Waals surface area contributed by atoms with Crippen LogP contribution in [0.5, 0.6) is 0 Å². The van der Waals surface area contributed by atoms with Crippen molar-refractivity contribution >= 4 is 39.3 Å². The van der Waals surface area contributed by atoms with Crippen molar-refractivity contribution in [2.75, 3.05) is 25.4 Å². The summed E-state index contributed by atoms with van der Waals surface area (Å²) in [6.07, 6.45) is 0. The third kappa shape index (κ3) is 3.88. The van der Waals surface area contributed by atoms with Gasteiger partial charge in [-0.1, -0.05) is 27.5 Å². The first kappa shape index (κ1) is 15.6. The number of hydrogen-bond donors (Lipinski definition) is 1. The van der Waals surface area contributed by atoms with E-state index in [4.69, 9.17) is 17.3 Å². The van der Waals surface area contributed by atoms with Crippen molar-refractivity contribution < 1.29 is 0 Å². The average Bonchev–Trinajstić information content (AvgIpc) is 2.33. The Morgan fingerprint density at radius 2 is 2.26 bits per heavy atom. The minimum absolute atomic E-state index is 0.230. The van der Waals surface area contributed by atoms with Crippen LogP contribution in [0.4, 0.5) is 0 Å². The zero-order valence-electron chi connectivity index (χ0n) is 11.3. The molecule has 1 heterocycles. The number of nitrogens with zero attached hydrogens (tertiary/aromatic N) is 1. The van der Waals surface area contributed by atoms with E-state index in [-0.39, 0.29) is 10.8 Å². The van der Waals surface area contributed by atoms with E-state index in [9.17, 15) is 0 Å². The molecule has 1 saturated heterocycles. The monoisotopic (exact) mass is 362 g/mol. The summed E-state index contributed by atoms with van der Waals surface area (Å²) in [6, 6.07) is 6.16. The lowest BCUT2D eigenvalue weighted by Gasteiger charge is -2.42. The van der Waals surface area contributed by atoms with Crippen LogP contribution in [0, 0.1) is 0 Å². The molecule has 5 heteroatoms. The SMILES string of the molecule is CC1(C)CN(C(CN)c2cc(Cl)ccc2Br)CCS1. The Labute approximate surface area is 133 Å². The largest absolute Gasteiger partial charge is 0.329 e. The topological polar surface area (TPSA) is 29.3 Å². The number of thioether (sulfide) groups is 1. The van der Waals surface area contributed by atoms with Crippen LogP contribution in [0.2, 0.25) is 5.02 Å². The van der Waals surface area contributed by atoms with Gasteiger partial charge in [0.25, 0.3) is 0 Å². The zero-order chi connectivity index (χ0) is 14.0. The molecule has 0 saturated carbocycles. The number of hydrogen-bond acceptors (Lipinski definition) is 3. The molecule has 1 aromatic carbocycles. The van der Waals surface area contributed by atoms with Crippen LogP contribution < -0.4 is 5.73 Å². The minimum Gasteiger partial charge on any atom is -0.329 e. The second-order valence-electron chi connectivity index (χ2n) is 5.50. The number of halogens is 2. The van der Waals surface area contributed by atoms with Gasteiger partial charge >= 0.3 is 0 Å². The maximum atomic E-state index is 6.13. The van der Waals surface area contributed by atoms with Crippen molar-refractivity contribution in [1.82, 2.24) is 4.90 Å². The van der Waals surface area contributed by atoms with Gasteiger partial charge in [0, 0.05) is 45.7 Å². The third-order valence-electron chi connectivity index (χ3n) is 3.44. The fraction of sp³-hybridized carbons (Fsp3) is 0.571. The zero-order valence-corrected chi connectivity index (χ0v) is 14.5. The maximum absolute atomic E-state index is 6.13. The van der Waals surface area contributed by atoms with Gasteiger partial charge in [-0.25, -0.2) is 0 Å². The van der Waals surface area contributed by atoms with Gasteiger partial charge in [0.05, 0.1) is 0 Å². The molecule has 0 aliphatic carbocycles. The van der Waals surface area contributed by atoms with Crippen molar-refractivity contribution in [3.8, 4) is 0 Å². The van der Waals surface area contributed by atoms with Gasteiger partial charge in [-0.3, -0.25) is 4.90 Å². The van der Waals surface area contributed by atoms with E-state index in [1.54, 1.807) is 0 Å². The minimum atomic E-state index is 0.230. The molecule has 1 aliphatic rings. The molecule has 2 rings (SSSR count). The summed E-state index contributed by atoms with van der Waals surface area (Å²) in [5, 5.41) is 0.766. The first-order chi connectivity index (χ1) is 8.93. The van der Waals surface area contributed by atoms with E-state index in [1.807, 2.05) is 30.0 Å². The van der Waals surface area contributed by atoms with Crippen LogP contribution in [0.25, 0.3) is 0 Å². The Morgan fingerprint density at radius 3 is 2.89 bits per heavy atom.